The van der Waals surface area contributed by atoms with E-state index in [0.717, 1.165) is 19.1 Å². The fourth-order valence-electron chi connectivity index (χ4n) is 5.28. The SMILES string of the molecule is CCCCCCCCCCCCCCCOCCOCCOCCOCCOCCOCCOCCOCCOCCNc1ccc([N+](=O)[O-])cc1[N+](=O)[O-]. The van der Waals surface area contributed by atoms with E-state index in [9.17, 15) is 20.2 Å². The topological polar surface area (TPSA) is 181 Å². The number of hydrogen-bond donors (Lipinski definition) is 1. The number of nitrogens with one attached hydrogen (secondary N) is 1. The van der Waals surface area contributed by atoms with Crippen LogP contribution in [-0.4, -0.2) is 135 Å². The molecule has 0 saturated heterocycles. The number of nitrogens with zero attached hydrogens (tertiary/aromatic N) is 2. The van der Waals surface area contributed by atoms with Crippen molar-refractivity contribution in [1.29, 1.82) is 0 Å². The Morgan fingerprint density at radius 1 is 0.436 bits per heavy atom. The highest BCUT2D eigenvalue weighted by Crippen LogP contribution is 2.28. The number of unbranched alkanes of at least 4 members (excludes halogenated alkanes) is 12. The van der Waals surface area contributed by atoms with Crippen molar-refractivity contribution in [2.45, 2.75) is 90.4 Å². The van der Waals surface area contributed by atoms with Crippen molar-refractivity contribution in [2.75, 3.05) is 131 Å². The highest BCUT2D eigenvalue weighted by molar-refractivity contribution is 5.65. The van der Waals surface area contributed by atoms with Crippen LogP contribution < -0.4 is 5.32 Å². The van der Waals surface area contributed by atoms with Gasteiger partial charge < -0.3 is 47.9 Å². The van der Waals surface area contributed by atoms with Crippen LogP contribution in [0.2, 0.25) is 0 Å². The second-order valence-corrected chi connectivity index (χ2v) is 12.9. The van der Waals surface area contributed by atoms with Crippen molar-refractivity contribution < 1.29 is 52.5 Å². The molecule has 0 heterocycles. The number of nitro benzene ring substituents is 2. The van der Waals surface area contributed by atoms with E-state index in [2.05, 4.69) is 12.2 Å². The van der Waals surface area contributed by atoms with E-state index in [4.69, 9.17) is 42.6 Å². The first-order valence-corrected chi connectivity index (χ1v) is 20.4. The van der Waals surface area contributed by atoms with Gasteiger partial charge in [-0.05, 0) is 12.5 Å². The number of non-ortho nitro benzene ring substituents is 1. The smallest absolute Gasteiger partial charge is 0.299 e. The molecule has 55 heavy (non-hydrogen) atoms. The second kappa shape index (κ2) is 39.7. The van der Waals surface area contributed by atoms with Gasteiger partial charge in [-0.15, -0.1) is 0 Å². The molecule has 0 aliphatic carbocycles. The fraction of sp³-hybridized carbons (Fsp3) is 0.846. The average molecular weight is 790 g/mol. The lowest BCUT2D eigenvalue weighted by Crippen LogP contribution is -2.15. The predicted molar refractivity (Wildman–Crippen MR) is 211 cm³/mol. The predicted octanol–water partition coefficient (Wildman–Crippen LogP) is 7.16. The maximum atomic E-state index is 11.2. The lowest BCUT2D eigenvalue weighted by Gasteiger charge is -2.09. The molecule has 1 aromatic carbocycles. The van der Waals surface area contributed by atoms with Crippen LogP contribution in [0.3, 0.4) is 0 Å². The molecular formula is C39H71N3O13. The molecular weight excluding hydrogens is 718 g/mol. The number of ether oxygens (including phenoxy) is 9. The molecule has 16 nitrogen and oxygen atoms in total. The summed E-state index contributed by atoms with van der Waals surface area (Å²) in [6.07, 6.45) is 17.6. The van der Waals surface area contributed by atoms with Crippen LogP contribution in [0.15, 0.2) is 18.2 Å². The van der Waals surface area contributed by atoms with Crippen molar-refractivity contribution >= 4 is 17.1 Å². The zero-order valence-corrected chi connectivity index (χ0v) is 33.6. The highest BCUT2D eigenvalue weighted by atomic mass is 16.6. The zero-order chi connectivity index (χ0) is 39.7. The Kier molecular flexibility index (Phi) is 36.4. The summed E-state index contributed by atoms with van der Waals surface area (Å²) in [6, 6.07) is 3.44. The minimum Gasteiger partial charge on any atom is -0.379 e. The molecule has 1 N–H and O–H groups in total. The van der Waals surface area contributed by atoms with E-state index < -0.39 is 9.85 Å². The van der Waals surface area contributed by atoms with Crippen molar-refractivity contribution in [2.24, 2.45) is 0 Å². The van der Waals surface area contributed by atoms with Crippen LogP contribution in [0.4, 0.5) is 17.1 Å². The average Bonchev–Trinajstić information content (AvgIpc) is 3.18. The van der Waals surface area contributed by atoms with Crippen molar-refractivity contribution in [3.8, 4) is 0 Å². The molecule has 0 radical (unpaired) electrons. The molecule has 1 rings (SSSR count). The Morgan fingerprint density at radius 3 is 1.11 bits per heavy atom. The van der Waals surface area contributed by atoms with E-state index >= 15 is 0 Å². The third kappa shape index (κ3) is 33.3. The molecule has 0 fully saturated rings. The molecule has 0 atom stereocenters. The van der Waals surface area contributed by atoms with Crippen LogP contribution in [0, 0.1) is 20.2 Å². The molecule has 0 aliphatic rings. The van der Waals surface area contributed by atoms with Gasteiger partial charge in [0.1, 0.15) is 5.69 Å². The highest BCUT2D eigenvalue weighted by Gasteiger charge is 2.19. The van der Waals surface area contributed by atoms with Gasteiger partial charge in [0.05, 0.1) is 128 Å². The minimum atomic E-state index is -0.676. The van der Waals surface area contributed by atoms with Crippen LogP contribution >= 0.6 is 0 Å². The number of rotatable bonds is 44. The first kappa shape index (κ1) is 50.5. The Bertz CT molecular complexity index is 1030. The monoisotopic (exact) mass is 789 g/mol. The normalized spacial score (nSPS) is 11.4. The molecule has 16 heteroatoms. The fourth-order valence-corrected chi connectivity index (χ4v) is 5.28. The summed E-state index contributed by atoms with van der Waals surface area (Å²) in [7, 11) is 0. The summed E-state index contributed by atoms with van der Waals surface area (Å²) in [5.41, 5.74) is -0.512. The van der Waals surface area contributed by atoms with Gasteiger partial charge in [-0.2, -0.15) is 0 Å². The lowest BCUT2D eigenvalue weighted by molar-refractivity contribution is -0.393. The molecule has 320 valence electrons. The standard InChI is InChI=1S/C39H71N3O13/c1-2-3-4-5-6-7-8-9-10-11-12-13-14-18-47-20-22-49-24-26-51-28-30-53-32-34-55-35-33-54-31-29-52-27-25-50-23-21-48-19-17-40-38-16-15-37(41(43)44)36-39(38)42(45)46/h15-16,36,40H,2-14,17-35H2,1H3. The molecule has 0 unspecified atom stereocenters. The first-order valence-electron chi connectivity index (χ1n) is 20.4. The van der Waals surface area contributed by atoms with Gasteiger partial charge in [-0.25, -0.2) is 0 Å². The Labute approximate surface area is 328 Å². The van der Waals surface area contributed by atoms with Gasteiger partial charge in [-0.3, -0.25) is 20.2 Å². The van der Waals surface area contributed by atoms with Crippen LogP contribution in [0.1, 0.15) is 90.4 Å². The van der Waals surface area contributed by atoms with Gasteiger partial charge in [-0.1, -0.05) is 84.0 Å². The summed E-state index contributed by atoms with van der Waals surface area (Å²) in [6.45, 7) is 11.4. The van der Waals surface area contributed by atoms with Gasteiger partial charge in [0, 0.05) is 19.2 Å². The number of benzene rings is 1. The number of anilines is 1. The number of hydrogen-bond acceptors (Lipinski definition) is 14. The maximum absolute atomic E-state index is 11.2. The zero-order valence-electron chi connectivity index (χ0n) is 33.6. The molecule has 0 aromatic heterocycles. The summed E-state index contributed by atoms with van der Waals surface area (Å²) < 4.78 is 49.6. The molecule has 0 bridgehead atoms. The van der Waals surface area contributed by atoms with Gasteiger partial charge in [0.25, 0.3) is 11.4 Å². The molecule has 0 aliphatic heterocycles. The van der Waals surface area contributed by atoms with E-state index in [1.165, 1.54) is 89.2 Å². The molecule has 0 saturated carbocycles. The lowest BCUT2D eigenvalue weighted by atomic mass is 10.0. The minimum absolute atomic E-state index is 0.190. The molecule has 1 aromatic rings. The number of nitro groups is 2. The van der Waals surface area contributed by atoms with Crippen molar-refractivity contribution in [3.63, 3.8) is 0 Å². The molecule has 0 amide bonds. The van der Waals surface area contributed by atoms with Gasteiger partial charge in [0.2, 0.25) is 0 Å². The van der Waals surface area contributed by atoms with E-state index in [-0.39, 0.29) is 23.7 Å². The third-order valence-electron chi connectivity index (χ3n) is 8.32. The summed E-state index contributed by atoms with van der Waals surface area (Å²) >= 11 is 0. The van der Waals surface area contributed by atoms with Crippen molar-refractivity contribution in [3.05, 3.63) is 38.4 Å². The van der Waals surface area contributed by atoms with Crippen LogP contribution in [-0.2, 0) is 42.6 Å². The van der Waals surface area contributed by atoms with Gasteiger partial charge >= 0.3 is 0 Å². The molecule has 0 spiro atoms. The third-order valence-corrected chi connectivity index (χ3v) is 8.32. The van der Waals surface area contributed by atoms with E-state index in [1.54, 1.807) is 0 Å². The second-order valence-electron chi connectivity index (χ2n) is 12.9. The summed E-state index contributed by atoms with van der Waals surface area (Å²) in [5.74, 6) is 0. The maximum Gasteiger partial charge on any atom is 0.299 e. The Morgan fingerprint density at radius 2 is 0.764 bits per heavy atom. The quantitative estimate of drug-likeness (QED) is 0.0400. The van der Waals surface area contributed by atoms with Crippen LogP contribution in [0.25, 0.3) is 0 Å². The van der Waals surface area contributed by atoms with E-state index in [0.29, 0.717) is 112 Å². The van der Waals surface area contributed by atoms with E-state index in [1.807, 2.05) is 0 Å². The van der Waals surface area contributed by atoms with Crippen LogP contribution in [0.5, 0.6) is 0 Å². The summed E-state index contributed by atoms with van der Waals surface area (Å²) in [4.78, 5) is 20.6. The first-order chi connectivity index (χ1) is 27.1. The van der Waals surface area contributed by atoms with Gasteiger partial charge in [0.15, 0.2) is 0 Å². The summed E-state index contributed by atoms with van der Waals surface area (Å²) in [5, 5.41) is 24.8. The van der Waals surface area contributed by atoms with Crippen molar-refractivity contribution in [1.82, 2.24) is 0 Å². The largest absolute Gasteiger partial charge is 0.379 e. The Hall–Kier alpha value is -2.54. The Balaban J connectivity index is 1.69.